The average Bonchev–Trinajstić information content (AvgIpc) is 3.23. The lowest BCUT2D eigenvalue weighted by Crippen LogP contribution is -2.32. The van der Waals surface area contributed by atoms with E-state index in [2.05, 4.69) is 32.8 Å². The van der Waals surface area contributed by atoms with E-state index in [0.29, 0.717) is 6.61 Å². The fourth-order valence-corrected chi connectivity index (χ4v) is 3.18. The number of fused-ring (bicyclic) bond motifs is 1. The minimum atomic E-state index is 0.132. The molecule has 3 aromatic rings. The quantitative estimate of drug-likeness (QED) is 0.724. The van der Waals surface area contributed by atoms with Gasteiger partial charge in [0.2, 0.25) is 0 Å². The smallest absolute Gasteiger partial charge is 0.0947 e. The van der Waals surface area contributed by atoms with Gasteiger partial charge < -0.3 is 13.7 Å². The van der Waals surface area contributed by atoms with Gasteiger partial charge in [-0.05, 0) is 30.3 Å². The van der Waals surface area contributed by atoms with E-state index in [4.69, 9.17) is 9.15 Å². The van der Waals surface area contributed by atoms with Crippen molar-refractivity contribution in [3.05, 3.63) is 78.3 Å². The minimum absolute atomic E-state index is 0.132. The zero-order valence-corrected chi connectivity index (χ0v) is 13.5. The van der Waals surface area contributed by atoms with Gasteiger partial charge in [0.05, 0.1) is 30.9 Å². The average molecular weight is 323 g/mol. The first-order valence-electron chi connectivity index (χ1n) is 8.26. The zero-order chi connectivity index (χ0) is 16.2. The van der Waals surface area contributed by atoms with Gasteiger partial charge in [0.15, 0.2) is 0 Å². The number of pyridine rings is 1. The van der Waals surface area contributed by atoms with Gasteiger partial charge >= 0.3 is 0 Å². The maximum Gasteiger partial charge on any atom is 0.0947 e. The Morgan fingerprint density at radius 1 is 1.17 bits per heavy atom. The van der Waals surface area contributed by atoms with Crippen LogP contribution in [0.4, 0.5) is 0 Å². The van der Waals surface area contributed by atoms with E-state index in [1.54, 1.807) is 12.5 Å². The molecule has 0 aromatic carbocycles. The van der Waals surface area contributed by atoms with Crippen LogP contribution in [0, 0.1) is 0 Å². The molecule has 1 aliphatic heterocycles. The van der Waals surface area contributed by atoms with Crippen LogP contribution in [0.1, 0.15) is 17.0 Å². The van der Waals surface area contributed by atoms with Crippen LogP contribution in [0.5, 0.6) is 0 Å². The Labute approximate surface area is 141 Å². The molecule has 0 amide bonds. The molecule has 124 valence electrons. The molecule has 0 fully saturated rings. The summed E-state index contributed by atoms with van der Waals surface area (Å²) in [6.07, 6.45) is 7.61. The topological polar surface area (TPSA) is 43.4 Å². The summed E-state index contributed by atoms with van der Waals surface area (Å²) in [6, 6.07) is 12.2. The molecule has 3 aromatic heterocycles. The highest BCUT2D eigenvalue weighted by atomic mass is 16.5. The fourth-order valence-electron chi connectivity index (χ4n) is 3.18. The van der Waals surface area contributed by atoms with E-state index in [0.717, 1.165) is 31.9 Å². The summed E-state index contributed by atoms with van der Waals surface area (Å²) < 4.78 is 13.7. The molecule has 4 rings (SSSR count). The van der Waals surface area contributed by atoms with Crippen molar-refractivity contribution in [3.63, 3.8) is 0 Å². The summed E-state index contributed by atoms with van der Waals surface area (Å²) in [5.41, 5.74) is 3.48. The van der Waals surface area contributed by atoms with Crippen LogP contribution in [0.15, 0.2) is 65.7 Å². The Morgan fingerprint density at radius 3 is 3.00 bits per heavy atom. The maximum absolute atomic E-state index is 6.18. The Morgan fingerprint density at radius 2 is 2.17 bits per heavy atom. The zero-order valence-electron chi connectivity index (χ0n) is 13.5. The maximum atomic E-state index is 6.18. The SMILES string of the molecule is c1ccc(CO[C@@H]2CN(Cc3ccoc3)Cc3cccn3C2)nc1. The Bertz CT molecular complexity index is 752. The summed E-state index contributed by atoms with van der Waals surface area (Å²) in [5, 5.41) is 0. The van der Waals surface area contributed by atoms with E-state index < -0.39 is 0 Å². The van der Waals surface area contributed by atoms with E-state index in [1.165, 1.54) is 11.3 Å². The van der Waals surface area contributed by atoms with Crippen molar-refractivity contribution in [2.24, 2.45) is 0 Å². The number of hydrogen-bond acceptors (Lipinski definition) is 4. The molecule has 0 aliphatic carbocycles. The second kappa shape index (κ2) is 7.03. The number of rotatable bonds is 5. The first-order chi connectivity index (χ1) is 11.9. The van der Waals surface area contributed by atoms with E-state index >= 15 is 0 Å². The van der Waals surface area contributed by atoms with Gasteiger partial charge in [-0.25, -0.2) is 0 Å². The molecule has 0 radical (unpaired) electrons. The third-order valence-electron chi connectivity index (χ3n) is 4.35. The molecule has 0 saturated heterocycles. The number of hydrogen-bond donors (Lipinski definition) is 0. The second-order valence-electron chi connectivity index (χ2n) is 6.21. The summed E-state index contributed by atoms with van der Waals surface area (Å²) in [7, 11) is 0. The highest BCUT2D eigenvalue weighted by Gasteiger charge is 2.22. The third-order valence-corrected chi connectivity index (χ3v) is 4.35. The molecule has 24 heavy (non-hydrogen) atoms. The molecule has 0 N–H and O–H groups in total. The molecule has 1 aliphatic rings. The van der Waals surface area contributed by atoms with Crippen molar-refractivity contribution in [2.45, 2.75) is 32.3 Å². The molecule has 5 nitrogen and oxygen atoms in total. The standard InChI is InChI=1S/C19H21N3O2/c1-2-7-20-17(4-1)15-24-19-12-21(10-16-6-9-23-14-16)11-18-5-3-8-22(18)13-19/h1-9,14,19H,10-13,15H2/t19-/m1/s1. The van der Waals surface area contributed by atoms with E-state index in [-0.39, 0.29) is 6.10 Å². The number of nitrogens with zero attached hydrogens (tertiary/aromatic N) is 3. The molecule has 0 spiro atoms. The number of aromatic nitrogens is 2. The van der Waals surface area contributed by atoms with Gasteiger partial charge in [0, 0.05) is 49.8 Å². The predicted octanol–water partition coefficient (Wildman–Crippen LogP) is 3.08. The van der Waals surface area contributed by atoms with Gasteiger partial charge in [0.1, 0.15) is 0 Å². The van der Waals surface area contributed by atoms with Crippen LogP contribution < -0.4 is 0 Å². The van der Waals surface area contributed by atoms with Crippen molar-refractivity contribution in [1.82, 2.24) is 14.5 Å². The van der Waals surface area contributed by atoms with Gasteiger partial charge in [0.25, 0.3) is 0 Å². The first-order valence-corrected chi connectivity index (χ1v) is 8.26. The Hall–Kier alpha value is -2.37. The second-order valence-corrected chi connectivity index (χ2v) is 6.21. The molecule has 4 heterocycles. The van der Waals surface area contributed by atoms with Crippen LogP contribution in [0.2, 0.25) is 0 Å². The van der Waals surface area contributed by atoms with Crippen LogP contribution in [0.25, 0.3) is 0 Å². The number of furan rings is 1. The monoisotopic (exact) mass is 323 g/mol. The minimum Gasteiger partial charge on any atom is -0.472 e. The van der Waals surface area contributed by atoms with Crippen LogP contribution in [-0.2, 0) is 31.0 Å². The molecule has 1 atom stereocenters. The molecule has 5 heteroatoms. The molecular weight excluding hydrogens is 302 g/mol. The van der Waals surface area contributed by atoms with Crippen molar-refractivity contribution >= 4 is 0 Å². The lowest BCUT2D eigenvalue weighted by atomic mass is 10.2. The molecule has 0 saturated carbocycles. The predicted molar refractivity (Wildman–Crippen MR) is 90.1 cm³/mol. The highest BCUT2D eigenvalue weighted by Crippen LogP contribution is 2.18. The van der Waals surface area contributed by atoms with E-state index in [1.807, 2.05) is 30.5 Å². The van der Waals surface area contributed by atoms with Gasteiger partial charge in [-0.2, -0.15) is 0 Å². The van der Waals surface area contributed by atoms with Crippen molar-refractivity contribution in [2.75, 3.05) is 6.54 Å². The molecular formula is C19H21N3O2. The third kappa shape index (κ3) is 3.58. The summed E-state index contributed by atoms with van der Waals surface area (Å²) in [5.74, 6) is 0. The van der Waals surface area contributed by atoms with Crippen LogP contribution in [-0.4, -0.2) is 27.1 Å². The normalized spacial score (nSPS) is 18.2. The first kappa shape index (κ1) is 15.2. The van der Waals surface area contributed by atoms with Crippen LogP contribution in [0.3, 0.4) is 0 Å². The van der Waals surface area contributed by atoms with Gasteiger partial charge in [-0.15, -0.1) is 0 Å². The summed E-state index contributed by atoms with van der Waals surface area (Å²) in [6.45, 7) is 4.09. The lowest BCUT2D eigenvalue weighted by molar-refractivity contribution is 0.00722. The summed E-state index contributed by atoms with van der Waals surface area (Å²) >= 11 is 0. The molecule has 0 bridgehead atoms. The van der Waals surface area contributed by atoms with Gasteiger partial charge in [-0.3, -0.25) is 9.88 Å². The van der Waals surface area contributed by atoms with Crippen molar-refractivity contribution in [3.8, 4) is 0 Å². The van der Waals surface area contributed by atoms with Gasteiger partial charge in [-0.1, -0.05) is 6.07 Å². The Kier molecular flexibility index (Phi) is 4.44. The summed E-state index contributed by atoms with van der Waals surface area (Å²) in [4.78, 5) is 6.75. The fraction of sp³-hybridized carbons (Fsp3) is 0.316. The largest absolute Gasteiger partial charge is 0.472 e. The Balaban J connectivity index is 1.46. The van der Waals surface area contributed by atoms with E-state index in [9.17, 15) is 0 Å². The van der Waals surface area contributed by atoms with Crippen molar-refractivity contribution < 1.29 is 9.15 Å². The lowest BCUT2D eigenvalue weighted by Gasteiger charge is -2.23. The van der Waals surface area contributed by atoms with Crippen molar-refractivity contribution in [1.29, 1.82) is 0 Å². The molecule has 0 unspecified atom stereocenters. The van der Waals surface area contributed by atoms with Crippen LogP contribution >= 0.6 is 0 Å². The number of ether oxygens (including phenoxy) is 1. The highest BCUT2D eigenvalue weighted by molar-refractivity contribution is 5.11.